The van der Waals surface area contributed by atoms with Crippen molar-refractivity contribution in [3.63, 3.8) is 0 Å². The zero-order valence-corrected chi connectivity index (χ0v) is 9.41. The summed E-state index contributed by atoms with van der Waals surface area (Å²) < 4.78 is 0. The van der Waals surface area contributed by atoms with Crippen LogP contribution in [0.25, 0.3) is 0 Å². The van der Waals surface area contributed by atoms with Gasteiger partial charge in [-0.25, -0.2) is 0 Å². The lowest BCUT2D eigenvalue weighted by atomic mass is 10.0. The van der Waals surface area contributed by atoms with Crippen LogP contribution < -0.4 is 10.6 Å². The molecule has 1 aliphatic carbocycles. The van der Waals surface area contributed by atoms with Crippen molar-refractivity contribution in [2.45, 2.75) is 49.9 Å². The maximum Gasteiger partial charge on any atom is 0.237 e. The first-order valence-electron chi connectivity index (χ1n) is 6.01. The minimum Gasteiger partial charge on any atom is -0.392 e. The van der Waals surface area contributed by atoms with Crippen LogP contribution in [0.3, 0.4) is 0 Å². The van der Waals surface area contributed by atoms with E-state index in [9.17, 15) is 15.0 Å². The molecule has 0 aromatic rings. The van der Waals surface area contributed by atoms with Crippen LogP contribution in [0, 0.1) is 0 Å². The highest BCUT2D eigenvalue weighted by Crippen LogP contribution is 2.28. The van der Waals surface area contributed by atoms with E-state index in [1.165, 1.54) is 0 Å². The van der Waals surface area contributed by atoms with Gasteiger partial charge in [0.1, 0.15) is 0 Å². The van der Waals surface area contributed by atoms with Gasteiger partial charge in [0.05, 0.1) is 17.7 Å². The summed E-state index contributed by atoms with van der Waals surface area (Å²) >= 11 is 0. The van der Waals surface area contributed by atoms with Gasteiger partial charge in [0.15, 0.2) is 0 Å². The third-order valence-corrected chi connectivity index (χ3v) is 3.55. The number of amides is 1. The van der Waals surface area contributed by atoms with Crippen molar-refractivity contribution in [3.05, 3.63) is 0 Å². The van der Waals surface area contributed by atoms with Gasteiger partial charge in [-0.3, -0.25) is 4.79 Å². The van der Waals surface area contributed by atoms with Crippen LogP contribution in [-0.2, 0) is 4.79 Å². The van der Waals surface area contributed by atoms with E-state index in [-0.39, 0.29) is 11.9 Å². The number of aliphatic hydroxyl groups is 2. The maximum absolute atomic E-state index is 11.7. The largest absolute Gasteiger partial charge is 0.392 e. The van der Waals surface area contributed by atoms with Crippen molar-refractivity contribution in [2.24, 2.45) is 0 Å². The summed E-state index contributed by atoms with van der Waals surface area (Å²) in [4.78, 5) is 11.7. The molecule has 1 heterocycles. The van der Waals surface area contributed by atoms with E-state index < -0.39 is 11.7 Å². The van der Waals surface area contributed by atoms with Crippen LogP contribution in [0.1, 0.15) is 32.1 Å². The van der Waals surface area contributed by atoms with Gasteiger partial charge in [-0.05, 0) is 19.3 Å². The van der Waals surface area contributed by atoms with Gasteiger partial charge in [0, 0.05) is 13.1 Å². The molecule has 1 aliphatic heterocycles. The summed E-state index contributed by atoms with van der Waals surface area (Å²) in [5.74, 6) is -0.114. The van der Waals surface area contributed by atoms with E-state index in [0.29, 0.717) is 19.5 Å². The average molecular weight is 228 g/mol. The number of hydrogen-bond donors (Lipinski definition) is 4. The highest BCUT2D eigenvalue weighted by molar-refractivity contribution is 5.82. The maximum atomic E-state index is 11.7. The summed E-state index contributed by atoms with van der Waals surface area (Å²) in [7, 11) is 0. The summed E-state index contributed by atoms with van der Waals surface area (Å²) in [5.41, 5.74) is -0.702. The van der Waals surface area contributed by atoms with Crippen molar-refractivity contribution < 1.29 is 15.0 Å². The fourth-order valence-corrected chi connectivity index (χ4v) is 2.50. The summed E-state index contributed by atoms with van der Waals surface area (Å²) in [6.07, 6.45) is 3.65. The summed E-state index contributed by atoms with van der Waals surface area (Å²) in [6.45, 7) is 0.808. The van der Waals surface area contributed by atoms with Crippen LogP contribution >= 0.6 is 0 Å². The molecule has 2 aliphatic rings. The van der Waals surface area contributed by atoms with Crippen LogP contribution in [0.2, 0.25) is 0 Å². The fraction of sp³-hybridized carbons (Fsp3) is 0.909. The number of hydrogen-bond acceptors (Lipinski definition) is 4. The highest BCUT2D eigenvalue weighted by atomic mass is 16.3. The topological polar surface area (TPSA) is 81.6 Å². The van der Waals surface area contributed by atoms with E-state index in [1.807, 2.05) is 0 Å². The van der Waals surface area contributed by atoms with Gasteiger partial charge < -0.3 is 20.8 Å². The molecule has 4 N–H and O–H groups in total. The van der Waals surface area contributed by atoms with E-state index in [2.05, 4.69) is 10.6 Å². The second-order valence-electron chi connectivity index (χ2n) is 5.00. The van der Waals surface area contributed by atoms with Gasteiger partial charge in [-0.1, -0.05) is 12.8 Å². The number of carbonyl (C=O) groups is 1. The Balaban J connectivity index is 1.75. The Labute approximate surface area is 95.2 Å². The predicted molar refractivity (Wildman–Crippen MR) is 58.8 cm³/mol. The second-order valence-corrected chi connectivity index (χ2v) is 5.00. The number of β-amino-alcohol motifs (C(OH)–C–C–N with tert-alkyl or cyclic N) is 1. The van der Waals surface area contributed by atoms with Crippen molar-refractivity contribution in [3.8, 4) is 0 Å². The molecule has 0 radical (unpaired) electrons. The van der Waals surface area contributed by atoms with Gasteiger partial charge in [0.25, 0.3) is 0 Å². The van der Waals surface area contributed by atoms with E-state index in [0.717, 1.165) is 25.7 Å². The van der Waals surface area contributed by atoms with Crippen molar-refractivity contribution in [2.75, 3.05) is 13.1 Å². The number of nitrogens with one attached hydrogen (secondary N) is 2. The zero-order valence-electron chi connectivity index (χ0n) is 9.41. The molecule has 1 saturated heterocycles. The SMILES string of the molecule is O=C(NCC1(O)CCCC1)C1CC(O)CN1. The fourth-order valence-electron chi connectivity index (χ4n) is 2.50. The summed E-state index contributed by atoms with van der Waals surface area (Å²) in [6, 6.07) is -0.306. The van der Waals surface area contributed by atoms with E-state index in [1.54, 1.807) is 0 Å². The summed E-state index contributed by atoms with van der Waals surface area (Å²) in [5, 5.41) is 25.1. The quantitative estimate of drug-likeness (QED) is 0.506. The highest BCUT2D eigenvalue weighted by Gasteiger charge is 2.33. The Bertz CT molecular complexity index is 264. The number of aliphatic hydroxyl groups excluding tert-OH is 1. The molecule has 0 aromatic carbocycles. The molecule has 2 atom stereocenters. The van der Waals surface area contributed by atoms with E-state index >= 15 is 0 Å². The molecule has 16 heavy (non-hydrogen) atoms. The molecular weight excluding hydrogens is 208 g/mol. The van der Waals surface area contributed by atoms with Crippen molar-refractivity contribution in [1.29, 1.82) is 0 Å². The molecule has 2 rings (SSSR count). The minimum atomic E-state index is -0.702. The van der Waals surface area contributed by atoms with Crippen LogP contribution in [0.5, 0.6) is 0 Å². The molecule has 1 amide bonds. The number of rotatable bonds is 3. The predicted octanol–water partition coefficient (Wildman–Crippen LogP) is -0.870. The molecule has 0 aromatic heterocycles. The lowest BCUT2D eigenvalue weighted by Gasteiger charge is -2.23. The minimum absolute atomic E-state index is 0.114. The molecule has 2 unspecified atom stereocenters. The van der Waals surface area contributed by atoms with Gasteiger partial charge in [-0.2, -0.15) is 0 Å². The first-order valence-corrected chi connectivity index (χ1v) is 6.01. The molecule has 5 heteroatoms. The zero-order chi connectivity index (χ0) is 11.6. The molecule has 0 spiro atoms. The molecule has 92 valence electrons. The van der Waals surface area contributed by atoms with Gasteiger partial charge in [-0.15, -0.1) is 0 Å². The standard InChI is InChI=1S/C11H20N2O3/c14-8-5-9(12-6-8)10(15)13-7-11(16)3-1-2-4-11/h8-9,12,14,16H,1-7H2,(H,13,15). The number of carbonyl (C=O) groups excluding carboxylic acids is 1. The lowest BCUT2D eigenvalue weighted by Crippen LogP contribution is -2.47. The third kappa shape index (κ3) is 2.72. The Hall–Kier alpha value is -0.650. The molecular formula is C11H20N2O3. The second kappa shape index (κ2) is 4.69. The van der Waals surface area contributed by atoms with E-state index in [4.69, 9.17) is 0 Å². The first kappa shape index (κ1) is 11.8. The van der Waals surface area contributed by atoms with Gasteiger partial charge in [0.2, 0.25) is 5.91 Å². The van der Waals surface area contributed by atoms with Crippen molar-refractivity contribution in [1.82, 2.24) is 10.6 Å². The molecule has 5 nitrogen and oxygen atoms in total. The van der Waals surface area contributed by atoms with Gasteiger partial charge >= 0.3 is 0 Å². The van der Waals surface area contributed by atoms with Crippen LogP contribution in [0.4, 0.5) is 0 Å². The molecule has 0 bridgehead atoms. The average Bonchev–Trinajstić information content (AvgIpc) is 2.85. The molecule has 2 fully saturated rings. The Kier molecular flexibility index (Phi) is 3.47. The monoisotopic (exact) mass is 228 g/mol. The third-order valence-electron chi connectivity index (χ3n) is 3.55. The molecule has 1 saturated carbocycles. The Morgan fingerprint density at radius 2 is 2.12 bits per heavy atom. The lowest BCUT2D eigenvalue weighted by molar-refractivity contribution is -0.124. The van der Waals surface area contributed by atoms with Crippen LogP contribution in [0.15, 0.2) is 0 Å². The first-order chi connectivity index (χ1) is 7.59. The smallest absolute Gasteiger partial charge is 0.237 e. The Morgan fingerprint density at radius 1 is 1.44 bits per heavy atom. The Morgan fingerprint density at radius 3 is 2.69 bits per heavy atom. The van der Waals surface area contributed by atoms with Crippen LogP contribution in [-0.4, -0.2) is 47.0 Å². The van der Waals surface area contributed by atoms with Crippen molar-refractivity contribution >= 4 is 5.91 Å². The normalized spacial score (nSPS) is 32.9.